The number of carbonyl (C=O) groups is 1. The van der Waals surface area contributed by atoms with Gasteiger partial charge in [0.2, 0.25) is 0 Å². The highest BCUT2D eigenvalue weighted by Crippen LogP contribution is 2.33. The molecule has 0 aliphatic rings. The fourth-order valence-corrected chi connectivity index (χ4v) is 3.00. The van der Waals surface area contributed by atoms with Crippen molar-refractivity contribution in [2.45, 2.75) is 58.6 Å². The maximum atomic E-state index is 12.4. The number of aliphatic imine (C=N–C) groups is 1. The van der Waals surface area contributed by atoms with Gasteiger partial charge in [0.1, 0.15) is 6.33 Å². The summed E-state index contributed by atoms with van der Waals surface area (Å²) >= 11 is 0. The molecule has 29 heavy (non-hydrogen) atoms. The molecule has 0 fully saturated rings. The highest BCUT2D eigenvalue weighted by molar-refractivity contribution is 5.93. The monoisotopic (exact) mass is 394 g/mol. The summed E-state index contributed by atoms with van der Waals surface area (Å²) in [5.41, 5.74) is 2.62. The van der Waals surface area contributed by atoms with Crippen LogP contribution in [0.5, 0.6) is 0 Å². The molecule has 0 unspecified atom stereocenters. The van der Waals surface area contributed by atoms with Gasteiger partial charge in [-0.25, -0.2) is 14.8 Å². The van der Waals surface area contributed by atoms with Gasteiger partial charge in [0.25, 0.3) is 0 Å². The molecule has 1 aromatic carbocycles. The topological polar surface area (TPSA) is 76.5 Å². The maximum Gasteiger partial charge on any atom is 0.338 e. The second kappa shape index (κ2) is 10.5. The van der Waals surface area contributed by atoms with Crippen molar-refractivity contribution in [1.29, 1.82) is 0 Å². The first-order valence-electron chi connectivity index (χ1n) is 9.96. The second-order valence-electron chi connectivity index (χ2n) is 7.22. The van der Waals surface area contributed by atoms with E-state index in [-0.39, 0.29) is 17.6 Å². The number of nitrogens with zero attached hydrogens (tertiary/aromatic N) is 3. The summed E-state index contributed by atoms with van der Waals surface area (Å²) in [6.07, 6.45) is 11.0. The largest absolute Gasteiger partial charge is 0.459 e. The minimum atomic E-state index is -0.366. The number of anilines is 1. The van der Waals surface area contributed by atoms with Crippen LogP contribution in [0.3, 0.4) is 0 Å². The molecule has 1 N–H and O–H groups in total. The van der Waals surface area contributed by atoms with E-state index in [2.05, 4.69) is 40.7 Å². The molecule has 0 atom stereocenters. The average molecular weight is 395 g/mol. The van der Waals surface area contributed by atoms with Crippen LogP contribution in [0.2, 0.25) is 0 Å². The average Bonchev–Trinajstić information content (AvgIpc) is 2.72. The van der Waals surface area contributed by atoms with E-state index in [9.17, 15) is 4.79 Å². The molecule has 0 saturated heterocycles. The maximum absolute atomic E-state index is 12.4. The molecule has 0 aliphatic carbocycles. The molecule has 6 nitrogen and oxygen atoms in total. The lowest BCUT2D eigenvalue weighted by Gasteiger charge is -2.33. The van der Waals surface area contributed by atoms with E-state index in [1.165, 1.54) is 6.33 Å². The predicted molar refractivity (Wildman–Crippen MR) is 118 cm³/mol. The van der Waals surface area contributed by atoms with Crippen molar-refractivity contribution in [2.24, 2.45) is 4.99 Å². The van der Waals surface area contributed by atoms with Crippen molar-refractivity contribution >= 4 is 23.6 Å². The number of benzene rings is 1. The third kappa shape index (κ3) is 6.24. The van der Waals surface area contributed by atoms with Gasteiger partial charge in [-0.3, -0.25) is 4.99 Å². The van der Waals surface area contributed by atoms with Gasteiger partial charge in [-0.15, -0.1) is 6.58 Å². The number of esters is 1. The second-order valence-corrected chi connectivity index (χ2v) is 7.22. The molecule has 0 aliphatic heterocycles. The summed E-state index contributed by atoms with van der Waals surface area (Å²) in [7, 11) is 0. The number of nitrogens with one attached hydrogen (secondary N) is 1. The van der Waals surface area contributed by atoms with Gasteiger partial charge in [0.15, 0.2) is 0 Å². The molecule has 0 bridgehead atoms. The molecule has 6 heteroatoms. The summed E-state index contributed by atoms with van der Waals surface area (Å²) < 4.78 is 5.33. The molecule has 154 valence electrons. The SMILES string of the molecule is C=CCC(CC)(CC)Nc1ccc(C(=O)OC(C)C)cc1/N=C\c1cncnc1. The lowest BCUT2D eigenvalue weighted by molar-refractivity contribution is 0.0378. The number of aromatic nitrogens is 2. The normalized spacial score (nSPS) is 11.6. The fourth-order valence-electron chi connectivity index (χ4n) is 3.00. The lowest BCUT2D eigenvalue weighted by atomic mass is 9.88. The van der Waals surface area contributed by atoms with E-state index >= 15 is 0 Å². The van der Waals surface area contributed by atoms with Crippen LogP contribution in [0.4, 0.5) is 11.4 Å². The Hall–Kier alpha value is -3.02. The molecule has 2 aromatic rings. The smallest absolute Gasteiger partial charge is 0.338 e. The van der Waals surface area contributed by atoms with Crippen LogP contribution in [-0.2, 0) is 4.74 Å². The van der Waals surface area contributed by atoms with Gasteiger partial charge in [0, 0.05) is 29.7 Å². The Labute approximate surface area is 173 Å². The summed E-state index contributed by atoms with van der Waals surface area (Å²) in [6.45, 7) is 11.9. The summed E-state index contributed by atoms with van der Waals surface area (Å²) in [6, 6.07) is 5.40. The zero-order chi connectivity index (χ0) is 21.3. The summed E-state index contributed by atoms with van der Waals surface area (Å²) in [5, 5.41) is 3.64. The molecule has 0 saturated carbocycles. The Morgan fingerprint density at radius 3 is 2.55 bits per heavy atom. The van der Waals surface area contributed by atoms with Crippen molar-refractivity contribution in [3.05, 3.63) is 60.7 Å². The molecule has 0 spiro atoms. The molecule has 2 rings (SSSR count). The van der Waals surface area contributed by atoms with Gasteiger partial charge in [0.05, 0.1) is 23.0 Å². The van der Waals surface area contributed by atoms with E-state index in [0.29, 0.717) is 11.3 Å². The van der Waals surface area contributed by atoms with E-state index in [4.69, 9.17) is 4.74 Å². The summed E-state index contributed by atoms with van der Waals surface area (Å²) in [4.78, 5) is 25.0. The van der Waals surface area contributed by atoms with Gasteiger partial charge < -0.3 is 10.1 Å². The van der Waals surface area contributed by atoms with Crippen LogP contribution in [-0.4, -0.2) is 33.8 Å². The van der Waals surface area contributed by atoms with Crippen molar-refractivity contribution in [3.63, 3.8) is 0 Å². The van der Waals surface area contributed by atoms with Crippen LogP contribution >= 0.6 is 0 Å². The van der Waals surface area contributed by atoms with Crippen LogP contribution in [0.15, 0.2) is 54.6 Å². The number of hydrogen-bond donors (Lipinski definition) is 1. The quantitative estimate of drug-likeness (QED) is 0.334. The highest BCUT2D eigenvalue weighted by atomic mass is 16.5. The fraction of sp³-hybridized carbons (Fsp3) is 0.391. The Morgan fingerprint density at radius 2 is 1.97 bits per heavy atom. The van der Waals surface area contributed by atoms with Crippen molar-refractivity contribution < 1.29 is 9.53 Å². The van der Waals surface area contributed by atoms with E-state index in [1.807, 2.05) is 26.0 Å². The first-order valence-corrected chi connectivity index (χ1v) is 9.96. The Morgan fingerprint density at radius 1 is 1.28 bits per heavy atom. The van der Waals surface area contributed by atoms with Crippen molar-refractivity contribution in [3.8, 4) is 0 Å². The Bertz CT molecular complexity index is 843. The Balaban J connectivity index is 2.44. The van der Waals surface area contributed by atoms with Gasteiger partial charge in [-0.05, 0) is 51.3 Å². The zero-order valence-corrected chi connectivity index (χ0v) is 17.7. The lowest BCUT2D eigenvalue weighted by Crippen LogP contribution is -2.36. The van der Waals surface area contributed by atoms with Crippen LogP contribution in [0.1, 0.15) is 62.9 Å². The molecular formula is C23H30N4O2. The first-order chi connectivity index (χ1) is 13.9. The standard InChI is InChI=1S/C23H30N4O2/c1-6-11-23(7-2,8-3)27-20-10-9-19(22(28)29-17(4)5)12-21(20)26-15-18-13-24-16-25-14-18/h6,9-10,12-17,27H,1,7-8,11H2,2-5H3/b26-15-. The number of rotatable bonds is 10. The van der Waals surface area contributed by atoms with Crippen LogP contribution in [0, 0.1) is 0 Å². The summed E-state index contributed by atoms with van der Waals surface area (Å²) in [5.74, 6) is -0.366. The van der Waals surface area contributed by atoms with Crippen molar-refractivity contribution in [1.82, 2.24) is 9.97 Å². The Kier molecular flexibility index (Phi) is 8.07. The van der Waals surface area contributed by atoms with Gasteiger partial charge >= 0.3 is 5.97 Å². The minimum Gasteiger partial charge on any atom is -0.459 e. The van der Waals surface area contributed by atoms with Crippen LogP contribution in [0.25, 0.3) is 0 Å². The predicted octanol–water partition coefficient (Wildman–Crippen LogP) is 5.34. The molecule has 0 amide bonds. The van der Waals surface area contributed by atoms with Gasteiger partial charge in [-0.2, -0.15) is 0 Å². The molecule has 0 radical (unpaired) electrons. The third-order valence-corrected chi connectivity index (χ3v) is 4.80. The number of carbonyl (C=O) groups excluding carboxylic acids is 1. The van der Waals surface area contributed by atoms with Gasteiger partial charge in [-0.1, -0.05) is 19.9 Å². The van der Waals surface area contributed by atoms with Crippen molar-refractivity contribution in [2.75, 3.05) is 5.32 Å². The highest BCUT2D eigenvalue weighted by Gasteiger charge is 2.25. The van der Waals surface area contributed by atoms with Crippen LogP contribution < -0.4 is 5.32 Å². The van der Waals surface area contributed by atoms with E-state index in [0.717, 1.165) is 30.5 Å². The molecular weight excluding hydrogens is 364 g/mol. The molecule has 1 aromatic heterocycles. The third-order valence-electron chi connectivity index (χ3n) is 4.80. The zero-order valence-electron chi connectivity index (χ0n) is 17.7. The van der Waals surface area contributed by atoms with E-state index in [1.54, 1.807) is 30.7 Å². The number of ether oxygens (including phenoxy) is 1. The first kappa shape index (κ1) is 22.3. The van der Waals surface area contributed by atoms with E-state index < -0.39 is 0 Å². The number of hydrogen-bond acceptors (Lipinski definition) is 6. The molecule has 1 heterocycles. The minimum absolute atomic E-state index is 0.123.